The molecule has 1 aliphatic rings. The van der Waals surface area contributed by atoms with Gasteiger partial charge in [-0.1, -0.05) is 0 Å². The van der Waals surface area contributed by atoms with Gasteiger partial charge in [0.25, 0.3) is 0 Å². The van der Waals surface area contributed by atoms with Crippen molar-refractivity contribution >= 4 is 34.5 Å². The van der Waals surface area contributed by atoms with Crippen LogP contribution in [0.25, 0.3) is 28.2 Å². The first-order chi connectivity index (χ1) is 16.4. The lowest BCUT2D eigenvalue weighted by atomic mass is 10.0. The number of anilines is 1. The van der Waals surface area contributed by atoms with E-state index in [0.717, 1.165) is 33.4 Å². The number of nitrogens with one attached hydrogen (secondary N) is 3. The van der Waals surface area contributed by atoms with Gasteiger partial charge in [0.15, 0.2) is 5.76 Å². The molecule has 2 aromatic heterocycles. The molecule has 0 saturated heterocycles. The van der Waals surface area contributed by atoms with Gasteiger partial charge in [-0.25, -0.2) is 4.79 Å². The number of allylic oxidation sites excluding steroid dienone is 1. The highest BCUT2D eigenvalue weighted by Crippen LogP contribution is 2.38. The Hall–Kier alpha value is -4.53. The first-order valence-electron chi connectivity index (χ1n) is 10.6. The number of amides is 2. The summed E-state index contributed by atoms with van der Waals surface area (Å²) in [7, 11) is 5.02. The fourth-order valence-electron chi connectivity index (χ4n) is 4.02. The van der Waals surface area contributed by atoms with Crippen LogP contribution in [0.4, 0.5) is 10.5 Å². The highest BCUT2D eigenvalue weighted by atomic mass is 16.5. The third-order valence-corrected chi connectivity index (χ3v) is 5.98. The van der Waals surface area contributed by atoms with E-state index in [-0.39, 0.29) is 17.6 Å². The number of H-pyrrole nitrogens is 1. The van der Waals surface area contributed by atoms with E-state index in [4.69, 9.17) is 9.47 Å². The van der Waals surface area contributed by atoms with Crippen molar-refractivity contribution in [1.82, 2.24) is 20.1 Å². The Morgan fingerprint density at radius 1 is 1.21 bits per heavy atom. The number of carbonyl (C=O) groups excluding carboxylic acids is 2. The van der Waals surface area contributed by atoms with Crippen molar-refractivity contribution in [2.24, 2.45) is 7.05 Å². The molecule has 0 unspecified atom stereocenters. The maximum atomic E-state index is 13.2. The number of rotatable bonds is 4. The third kappa shape index (κ3) is 3.47. The number of aromatic nitrogens is 3. The predicted octanol–water partition coefficient (Wildman–Crippen LogP) is 4.25. The van der Waals surface area contributed by atoms with Crippen molar-refractivity contribution in [1.29, 1.82) is 0 Å². The molecule has 3 N–H and O–H groups in total. The van der Waals surface area contributed by atoms with Crippen LogP contribution in [0.15, 0.2) is 48.4 Å². The summed E-state index contributed by atoms with van der Waals surface area (Å²) in [5.74, 6) is 1.07. The van der Waals surface area contributed by atoms with Gasteiger partial charge in [-0.2, -0.15) is 5.10 Å². The Morgan fingerprint density at radius 3 is 2.74 bits per heavy atom. The van der Waals surface area contributed by atoms with E-state index in [1.807, 2.05) is 32.2 Å². The van der Waals surface area contributed by atoms with E-state index >= 15 is 0 Å². The van der Waals surface area contributed by atoms with Gasteiger partial charge in [0.05, 0.1) is 24.6 Å². The number of ketones is 1. The molecule has 172 valence electrons. The van der Waals surface area contributed by atoms with E-state index < -0.39 is 0 Å². The van der Waals surface area contributed by atoms with Gasteiger partial charge in [-0.05, 0) is 49.4 Å². The van der Waals surface area contributed by atoms with Crippen molar-refractivity contribution < 1.29 is 19.1 Å². The number of aryl methyl sites for hydroxylation is 1. The van der Waals surface area contributed by atoms with Crippen LogP contribution in [-0.4, -0.2) is 40.7 Å². The molecule has 34 heavy (non-hydrogen) atoms. The van der Waals surface area contributed by atoms with Crippen LogP contribution in [0.3, 0.4) is 0 Å². The summed E-state index contributed by atoms with van der Waals surface area (Å²) in [5.41, 5.74) is 5.30. The zero-order valence-electron chi connectivity index (χ0n) is 19.1. The maximum Gasteiger partial charge on any atom is 0.318 e. The number of carbonyl (C=O) groups is 2. The second-order valence-electron chi connectivity index (χ2n) is 7.95. The van der Waals surface area contributed by atoms with Gasteiger partial charge in [-0.3, -0.25) is 9.48 Å². The number of hydrogen-bond donors (Lipinski definition) is 3. The number of methoxy groups -OCH3 is 1. The summed E-state index contributed by atoms with van der Waals surface area (Å²) in [6.45, 7) is 1.99. The van der Waals surface area contributed by atoms with Gasteiger partial charge in [0, 0.05) is 47.5 Å². The molecule has 1 aliphatic heterocycles. The quantitative estimate of drug-likeness (QED) is 0.397. The maximum absolute atomic E-state index is 13.2. The van der Waals surface area contributed by atoms with Crippen LogP contribution < -0.4 is 20.1 Å². The summed E-state index contributed by atoms with van der Waals surface area (Å²) in [6, 6.07) is 10.3. The molecular weight excluding hydrogens is 434 g/mol. The minimum Gasteiger partial charge on any atom is -0.497 e. The van der Waals surface area contributed by atoms with Crippen molar-refractivity contribution in [2.75, 3.05) is 19.5 Å². The standard InChI is InChI=1S/C25H23N5O4/c1-13-19(12-27-30(13)3)23-17(16-10-15(33-4)6-7-20(16)29-23)11-22-24(31)18-9-14(28-25(32)26-2)5-8-21(18)34-22/h5-12,29H,1-4H3,(H2,26,28,32)/b22-11-. The van der Waals surface area contributed by atoms with Crippen LogP contribution in [0.2, 0.25) is 0 Å². The van der Waals surface area contributed by atoms with Gasteiger partial charge >= 0.3 is 6.03 Å². The van der Waals surface area contributed by atoms with Crippen molar-refractivity contribution in [3.05, 3.63) is 65.2 Å². The largest absolute Gasteiger partial charge is 0.497 e. The summed E-state index contributed by atoms with van der Waals surface area (Å²) in [5, 5.41) is 10.4. The number of nitrogens with zero attached hydrogens (tertiary/aromatic N) is 2. The molecule has 0 fully saturated rings. The molecule has 9 heteroatoms. The minimum absolute atomic E-state index is 0.193. The van der Waals surface area contributed by atoms with Gasteiger partial charge in [0.2, 0.25) is 5.78 Å². The third-order valence-electron chi connectivity index (χ3n) is 5.98. The average Bonchev–Trinajstić information content (AvgIpc) is 3.47. The molecule has 4 aromatic rings. The predicted molar refractivity (Wildman–Crippen MR) is 129 cm³/mol. The highest BCUT2D eigenvalue weighted by Gasteiger charge is 2.29. The van der Waals surface area contributed by atoms with Crippen LogP contribution in [0.1, 0.15) is 21.6 Å². The Balaban J connectivity index is 1.63. The Labute approximate surface area is 195 Å². The number of benzene rings is 2. The molecular formula is C25H23N5O4. The lowest BCUT2D eigenvalue weighted by Gasteiger charge is -2.05. The van der Waals surface area contributed by atoms with E-state index in [0.29, 0.717) is 22.7 Å². The summed E-state index contributed by atoms with van der Waals surface area (Å²) >= 11 is 0. The zero-order valence-corrected chi connectivity index (χ0v) is 19.1. The number of urea groups is 1. The number of ether oxygens (including phenoxy) is 2. The molecule has 0 bridgehead atoms. The monoisotopic (exact) mass is 457 g/mol. The number of fused-ring (bicyclic) bond motifs is 2. The summed E-state index contributed by atoms with van der Waals surface area (Å²) in [4.78, 5) is 28.3. The van der Waals surface area contributed by atoms with E-state index in [1.165, 1.54) is 7.05 Å². The molecule has 9 nitrogen and oxygen atoms in total. The fourth-order valence-corrected chi connectivity index (χ4v) is 4.02. The SMILES string of the molecule is CNC(=O)Nc1ccc2c(c1)C(=O)/C(=C/c1c(-c3cnn(C)c3C)[nH]c3ccc(OC)cc13)O2. The van der Waals surface area contributed by atoms with Crippen LogP contribution in [-0.2, 0) is 7.05 Å². The highest BCUT2D eigenvalue weighted by molar-refractivity contribution is 6.16. The Bertz CT molecular complexity index is 1490. The second kappa shape index (κ2) is 8.11. The minimum atomic E-state index is -0.369. The Morgan fingerprint density at radius 2 is 2.03 bits per heavy atom. The van der Waals surface area contributed by atoms with Crippen LogP contribution in [0.5, 0.6) is 11.5 Å². The number of hydrogen-bond acceptors (Lipinski definition) is 5. The smallest absolute Gasteiger partial charge is 0.318 e. The Kier molecular flexibility index (Phi) is 5.09. The molecule has 0 spiro atoms. The average molecular weight is 457 g/mol. The molecule has 2 aromatic carbocycles. The second-order valence-corrected chi connectivity index (χ2v) is 7.95. The molecule has 0 saturated carbocycles. The van der Waals surface area contributed by atoms with E-state index in [9.17, 15) is 9.59 Å². The van der Waals surface area contributed by atoms with Crippen molar-refractivity contribution in [3.63, 3.8) is 0 Å². The summed E-state index contributed by atoms with van der Waals surface area (Å²) in [6.07, 6.45) is 3.54. The van der Waals surface area contributed by atoms with Gasteiger partial charge in [0.1, 0.15) is 11.5 Å². The van der Waals surface area contributed by atoms with Crippen molar-refractivity contribution in [2.45, 2.75) is 6.92 Å². The fraction of sp³-hybridized carbons (Fsp3) is 0.160. The molecule has 2 amide bonds. The van der Waals surface area contributed by atoms with Crippen LogP contribution in [0, 0.1) is 6.92 Å². The van der Waals surface area contributed by atoms with Gasteiger partial charge < -0.3 is 25.1 Å². The van der Waals surface area contributed by atoms with E-state index in [2.05, 4.69) is 20.7 Å². The van der Waals surface area contributed by atoms with E-state index in [1.54, 1.807) is 42.3 Å². The first-order valence-corrected chi connectivity index (χ1v) is 10.6. The molecule has 0 atom stereocenters. The zero-order chi connectivity index (χ0) is 24.0. The molecule has 3 heterocycles. The summed E-state index contributed by atoms with van der Waals surface area (Å²) < 4.78 is 13.2. The molecule has 0 aliphatic carbocycles. The van der Waals surface area contributed by atoms with Crippen LogP contribution >= 0.6 is 0 Å². The first kappa shape index (κ1) is 21.3. The normalized spacial score (nSPS) is 13.8. The molecule has 5 rings (SSSR count). The number of aromatic amines is 1. The lowest BCUT2D eigenvalue weighted by Crippen LogP contribution is -2.24. The number of Topliss-reactive ketones (excluding diaryl/α,β-unsaturated/α-hetero) is 1. The topological polar surface area (TPSA) is 110 Å². The molecule has 0 radical (unpaired) electrons. The van der Waals surface area contributed by atoms with Gasteiger partial charge in [-0.15, -0.1) is 0 Å². The lowest BCUT2D eigenvalue weighted by molar-refractivity contribution is 0.101. The van der Waals surface area contributed by atoms with Crippen molar-refractivity contribution in [3.8, 4) is 22.8 Å².